The number of rotatable bonds is 5. The summed E-state index contributed by atoms with van der Waals surface area (Å²) in [6, 6.07) is 17.5. The molecule has 2 heterocycles. The van der Waals surface area contributed by atoms with Crippen molar-refractivity contribution in [2.45, 2.75) is 45.3 Å². The number of nitrogens with one attached hydrogen (secondary N) is 1. The summed E-state index contributed by atoms with van der Waals surface area (Å²) in [5.74, 6) is -0.610. The van der Waals surface area contributed by atoms with Crippen molar-refractivity contribution in [3.63, 3.8) is 0 Å². The van der Waals surface area contributed by atoms with Crippen molar-refractivity contribution in [1.82, 2.24) is 19.9 Å². The largest absolute Gasteiger partial charge is 0.449 e. The van der Waals surface area contributed by atoms with Crippen LogP contribution in [-0.4, -0.2) is 65.1 Å². The average molecular weight is 648 g/mol. The fraction of sp³-hybridized carbons (Fsp3) is 0.353. The Morgan fingerprint density at radius 2 is 1.63 bits per heavy atom. The van der Waals surface area contributed by atoms with E-state index in [4.69, 9.17) is 21.1 Å². The number of nitrogens with zero attached hydrogens (tertiary/aromatic N) is 4. The lowest BCUT2D eigenvalue weighted by Gasteiger charge is -2.38. The van der Waals surface area contributed by atoms with Crippen molar-refractivity contribution in [2.24, 2.45) is 0 Å². The molecule has 0 saturated carbocycles. The Hall–Kier alpha value is -4.64. The Morgan fingerprint density at radius 3 is 2.24 bits per heavy atom. The molecule has 2 aliphatic rings. The van der Waals surface area contributed by atoms with Crippen LogP contribution in [-0.2, 0) is 9.47 Å². The normalized spacial score (nSPS) is 15.3. The molecule has 1 aliphatic carbocycles. The van der Waals surface area contributed by atoms with E-state index in [-0.39, 0.29) is 60.5 Å². The highest BCUT2D eigenvalue weighted by atomic mass is 35.5. The molecule has 46 heavy (non-hydrogen) atoms. The summed E-state index contributed by atoms with van der Waals surface area (Å²) in [6.45, 7) is 8.25. The highest BCUT2D eigenvalue weighted by Crippen LogP contribution is 2.44. The monoisotopic (exact) mass is 647 g/mol. The number of carbonyl (C=O) groups excluding carboxylic acids is 2. The van der Waals surface area contributed by atoms with Crippen molar-refractivity contribution in [2.75, 3.05) is 37.8 Å². The van der Waals surface area contributed by atoms with Gasteiger partial charge in [-0.3, -0.25) is 4.79 Å². The summed E-state index contributed by atoms with van der Waals surface area (Å²) in [6.07, 6.45) is -1.13. The summed E-state index contributed by atoms with van der Waals surface area (Å²) in [7, 11) is 0. The second kappa shape index (κ2) is 12.3. The lowest BCUT2D eigenvalue weighted by atomic mass is 9.98. The third-order valence-electron chi connectivity index (χ3n) is 8.15. The summed E-state index contributed by atoms with van der Waals surface area (Å²) in [5, 5.41) is 4.51. The van der Waals surface area contributed by atoms with Gasteiger partial charge in [-0.1, -0.05) is 60.1 Å². The van der Waals surface area contributed by atoms with E-state index in [2.05, 4.69) is 22.4 Å². The summed E-state index contributed by atoms with van der Waals surface area (Å²) < 4.78 is 26.9. The van der Waals surface area contributed by atoms with Gasteiger partial charge in [0.25, 0.3) is 5.56 Å². The fourth-order valence-electron chi connectivity index (χ4n) is 6.06. The van der Waals surface area contributed by atoms with E-state index in [1.165, 1.54) is 4.68 Å². The molecule has 1 aromatic heterocycles. The maximum absolute atomic E-state index is 14.4. The molecule has 1 aliphatic heterocycles. The molecule has 12 heteroatoms. The topological polar surface area (TPSA) is 106 Å². The van der Waals surface area contributed by atoms with Crippen LogP contribution in [0.25, 0.3) is 22.0 Å². The molecule has 6 rings (SSSR count). The fourth-order valence-corrected chi connectivity index (χ4v) is 6.31. The Kier molecular flexibility index (Phi) is 8.37. The van der Waals surface area contributed by atoms with E-state index in [1.54, 1.807) is 37.6 Å². The van der Waals surface area contributed by atoms with E-state index in [0.29, 0.717) is 0 Å². The molecule has 0 bridgehead atoms. The Morgan fingerprint density at radius 1 is 1.02 bits per heavy atom. The number of aromatic nitrogens is 2. The number of hydrogen-bond donors (Lipinski definition) is 1. The lowest BCUT2D eigenvalue weighted by Crippen LogP contribution is -2.57. The van der Waals surface area contributed by atoms with Gasteiger partial charge in [0.1, 0.15) is 18.0 Å². The molecule has 1 N–H and O–H groups in total. The second-order valence-corrected chi connectivity index (χ2v) is 12.9. The summed E-state index contributed by atoms with van der Waals surface area (Å²) >= 11 is 6.33. The highest BCUT2D eigenvalue weighted by Gasteiger charge is 2.31. The quantitative estimate of drug-likeness (QED) is 0.284. The molecule has 2 amide bonds. The first-order chi connectivity index (χ1) is 21.9. The van der Waals surface area contributed by atoms with Crippen LogP contribution in [0, 0.1) is 5.82 Å². The molecule has 1 atom stereocenters. The first-order valence-electron chi connectivity index (χ1n) is 15.2. The van der Waals surface area contributed by atoms with Gasteiger partial charge >= 0.3 is 12.2 Å². The Balaban J connectivity index is 1.24. The number of ether oxygens (including phenoxy) is 2. The van der Waals surface area contributed by atoms with Crippen LogP contribution in [0.4, 0.5) is 14.0 Å². The molecule has 3 aromatic carbocycles. The molecule has 0 radical (unpaired) electrons. The zero-order valence-corrected chi connectivity index (χ0v) is 26.8. The van der Waals surface area contributed by atoms with Gasteiger partial charge in [-0.05, 0) is 62.1 Å². The average Bonchev–Trinajstić information content (AvgIpc) is 3.33. The third kappa shape index (κ3) is 6.11. The van der Waals surface area contributed by atoms with Crippen LogP contribution >= 0.6 is 11.6 Å². The van der Waals surface area contributed by atoms with Crippen molar-refractivity contribution in [3.05, 3.63) is 98.8 Å². The van der Waals surface area contributed by atoms with Gasteiger partial charge in [0.05, 0.1) is 35.1 Å². The van der Waals surface area contributed by atoms with Crippen molar-refractivity contribution in [1.29, 1.82) is 0 Å². The second-order valence-electron chi connectivity index (χ2n) is 12.5. The van der Waals surface area contributed by atoms with Gasteiger partial charge in [0.15, 0.2) is 5.82 Å². The zero-order valence-electron chi connectivity index (χ0n) is 26.0. The van der Waals surface area contributed by atoms with Crippen molar-refractivity contribution < 1.29 is 23.5 Å². The van der Waals surface area contributed by atoms with Crippen LogP contribution < -0.4 is 15.9 Å². The van der Waals surface area contributed by atoms with Gasteiger partial charge in [-0.2, -0.15) is 0 Å². The molecule has 0 unspecified atom stereocenters. The first kappa shape index (κ1) is 31.3. The number of halogens is 2. The molecule has 0 spiro atoms. The first-order valence-corrected chi connectivity index (χ1v) is 15.6. The molecule has 240 valence electrons. The molecular formula is C34H35ClFN5O5. The van der Waals surface area contributed by atoms with Crippen LogP contribution in [0.2, 0.25) is 5.02 Å². The maximum Gasteiger partial charge on any atom is 0.410 e. The molecule has 10 nitrogen and oxygen atoms in total. The summed E-state index contributed by atoms with van der Waals surface area (Å²) in [4.78, 5) is 45.9. The van der Waals surface area contributed by atoms with Crippen molar-refractivity contribution in [3.8, 4) is 11.1 Å². The van der Waals surface area contributed by atoms with Gasteiger partial charge in [-0.15, -0.1) is 0 Å². The minimum absolute atomic E-state index is 0.00309. The number of benzene rings is 3. The SMILES string of the molecule is C[C@H](NC(=O)OCC1c2ccccc2-c2ccccc21)c1nc2c(Cl)cc(F)cc2c(=O)n1N1CCN(C(=O)OC(C)(C)C)CC1. The van der Waals surface area contributed by atoms with Gasteiger partial charge in [0, 0.05) is 19.0 Å². The molecule has 4 aromatic rings. The van der Waals surface area contributed by atoms with E-state index >= 15 is 0 Å². The van der Waals surface area contributed by atoms with Gasteiger partial charge < -0.3 is 24.7 Å². The van der Waals surface area contributed by atoms with Crippen LogP contribution in [0.15, 0.2) is 65.5 Å². The van der Waals surface area contributed by atoms with E-state index < -0.39 is 35.2 Å². The minimum Gasteiger partial charge on any atom is -0.449 e. The number of fused-ring (bicyclic) bond motifs is 4. The van der Waals surface area contributed by atoms with Gasteiger partial charge in [0.2, 0.25) is 0 Å². The Labute approximate surface area is 270 Å². The molecular weight excluding hydrogens is 613 g/mol. The lowest BCUT2D eigenvalue weighted by molar-refractivity contribution is 0.0231. The van der Waals surface area contributed by atoms with Crippen LogP contribution in [0.3, 0.4) is 0 Å². The highest BCUT2D eigenvalue weighted by molar-refractivity contribution is 6.35. The number of amides is 2. The number of carbonyl (C=O) groups is 2. The number of alkyl carbamates (subject to hydrolysis) is 1. The van der Waals surface area contributed by atoms with Crippen LogP contribution in [0.1, 0.15) is 56.6 Å². The number of piperazine rings is 1. The summed E-state index contributed by atoms with van der Waals surface area (Å²) in [5.41, 5.74) is 3.32. The van der Waals surface area contributed by atoms with Crippen LogP contribution in [0.5, 0.6) is 0 Å². The molecule has 1 fully saturated rings. The smallest absolute Gasteiger partial charge is 0.410 e. The standard InChI is InChI=1S/C34H35ClFN5O5/c1-20(37-32(43)45-19-27-24-11-7-5-9-22(24)23-10-6-8-12-25(23)27)30-38-29-26(17-21(36)18-28(29)35)31(42)41(30)40-15-13-39(14-16-40)33(44)46-34(2,3)4/h5-12,17-18,20,27H,13-16,19H2,1-4H3,(H,37,43)/t20-/m0/s1. The minimum atomic E-state index is -0.808. The van der Waals surface area contributed by atoms with E-state index in [0.717, 1.165) is 34.4 Å². The molecule has 1 saturated heterocycles. The third-order valence-corrected chi connectivity index (χ3v) is 8.44. The predicted molar refractivity (Wildman–Crippen MR) is 173 cm³/mol. The van der Waals surface area contributed by atoms with E-state index in [1.807, 2.05) is 36.4 Å². The van der Waals surface area contributed by atoms with Gasteiger partial charge in [-0.25, -0.2) is 23.6 Å². The van der Waals surface area contributed by atoms with Crippen molar-refractivity contribution >= 4 is 34.7 Å². The van der Waals surface area contributed by atoms with E-state index in [9.17, 15) is 18.8 Å². The Bertz CT molecular complexity index is 1840. The predicted octanol–water partition coefficient (Wildman–Crippen LogP) is 5.98. The maximum atomic E-state index is 14.4. The zero-order chi connectivity index (χ0) is 32.7. The number of hydrogen-bond acceptors (Lipinski definition) is 7.